The number of para-hydroxylation sites is 1. The number of hydrogen-bond acceptors (Lipinski definition) is 4. The molecule has 118 valence electrons. The Labute approximate surface area is 120 Å². The molecule has 0 aliphatic rings. The van der Waals surface area contributed by atoms with Crippen LogP contribution in [-0.4, -0.2) is 35.1 Å². The Morgan fingerprint density at radius 1 is 1.38 bits per heavy atom. The Morgan fingerprint density at radius 2 is 1.95 bits per heavy atom. The van der Waals surface area contributed by atoms with Crippen molar-refractivity contribution in [2.75, 3.05) is 19.0 Å². The van der Waals surface area contributed by atoms with Gasteiger partial charge in [-0.3, -0.25) is 10.6 Å². The molecule has 1 amide bonds. The molecule has 8 heteroatoms. The van der Waals surface area contributed by atoms with Gasteiger partial charge in [0, 0.05) is 13.6 Å². The van der Waals surface area contributed by atoms with Crippen LogP contribution in [0.5, 0.6) is 0 Å². The van der Waals surface area contributed by atoms with Crippen LogP contribution in [0.15, 0.2) is 18.2 Å². The number of rotatable bonds is 4. The Balaban J connectivity index is 3.22. The number of hydrazine groups is 1. The first-order valence-electron chi connectivity index (χ1n) is 6.12. The first kappa shape index (κ1) is 17.3. The zero-order chi connectivity index (χ0) is 16.4. The first-order chi connectivity index (χ1) is 9.47. The van der Waals surface area contributed by atoms with Crippen LogP contribution in [0, 0.1) is 0 Å². The Morgan fingerprint density at radius 3 is 2.38 bits per heavy atom. The zero-order valence-corrected chi connectivity index (χ0v) is 12.0. The number of carbonyl (C=O) groups excluding carboxylic acids is 1. The molecule has 5 nitrogen and oxygen atoms in total. The number of alkyl halides is 3. The van der Waals surface area contributed by atoms with Gasteiger partial charge in [0.2, 0.25) is 0 Å². The van der Waals surface area contributed by atoms with Gasteiger partial charge >= 0.3 is 6.18 Å². The maximum Gasteiger partial charge on any atom is 0.418 e. The molecule has 0 fully saturated rings. The van der Waals surface area contributed by atoms with E-state index in [4.69, 9.17) is 5.84 Å². The number of nitrogens with one attached hydrogen (secondary N) is 1. The van der Waals surface area contributed by atoms with E-state index in [1.165, 1.54) is 27.0 Å². The maximum atomic E-state index is 12.9. The second-order valence-corrected chi connectivity index (χ2v) is 5.34. The van der Waals surface area contributed by atoms with E-state index in [-0.39, 0.29) is 12.1 Å². The Kier molecular flexibility index (Phi) is 4.85. The van der Waals surface area contributed by atoms with Crippen molar-refractivity contribution in [2.24, 2.45) is 5.84 Å². The van der Waals surface area contributed by atoms with Crippen LogP contribution >= 0.6 is 0 Å². The lowest BCUT2D eigenvalue weighted by molar-refractivity contribution is -0.137. The minimum absolute atomic E-state index is 0.0356. The van der Waals surface area contributed by atoms with Crippen molar-refractivity contribution in [1.29, 1.82) is 0 Å². The van der Waals surface area contributed by atoms with Gasteiger partial charge in [0.15, 0.2) is 0 Å². The molecule has 0 saturated heterocycles. The van der Waals surface area contributed by atoms with Gasteiger partial charge in [-0.1, -0.05) is 6.07 Å². The van der Waals surface area contributed by atoms with E-state index >= 15 is 0 Å². The van der Waals surface area contributed by atoms with Crippen molar-refractivity contribution in [3.63, 3.8) is 0 Å². The number of hydrogen-bond donors (Lipinski definition) is 3. The molecule has 0 unspecified atom stereocenters. The van der Waals surface area contributed by atoms with Crippen LogP contribution in [0.2, 0.25) is 0 Å². The predicted octanol–water partition coefficient (Wildman–Crippen LogP) is 1.83. The van der Waals surface area contributed by atoms with Crippen molar-refractivity contribution >= 4 is 11.6 Å². The number of nitrogen functional groups attached to an aromatic ring is 1. The van der Waals surface area contributed by atoms with Crippen LogP contribution in [0.3, 0.4) is 0 Å². The van der Waals surface area contributed by atoms with E-state index in [1.54, 1.807) is 0 Å². The normalized spacial score (nSPS) is 12.2. The summed E-state index contributed by atoms with van der Waals surface area (Å²) in [6.45, 7) is 2.95. The summed E-state index contributed by atoms with van der Waals surface area (Å²) in [6, 6.07) is 3.21. The molecule has 1 aromatic carbocycles. The molecule has 0 radical (unpaired) electrons. The smallest absolute Gasteiger partial charge is 0.389 e. The third kappa shape index (κ3) is 4.33. The lowest BCUT2D eigenvalue weighted by Crippen LogP contribution is -2.40. The van der Waals surface area contributed by atoms with Gasteiger partial charge in [-0.25, -0.2) is 0 Å². The second kappa shape index (κ2) is 5.90. The van der Waals surface area contributed by atoms with E-state index in [2.05, 4.69) is 0 Å². The fraction of sp³-hybridized carbons (Fsp3) is 0.462. The van der Waals surface area contributed by atoms with Crippen LogP contribution in [0.1, 0.15) is 29.8 Å². The number of nitrogens with two attached hydrogens (primary N) is 1. The van der Waals surface area contributed by atoms with Gasteiger partial charge in [0.05, 0.1) is 22.4 Å². The summed E-state index contributed by atoms with van der Waals surface area (Å²) in [4.78, 5) is 13.4. The van der Waals surface area contributed by atoms with Crippen molar-refractivity contribution in [3.05, 3.63) is 29.3 Å². The monoisotopic (exact) mass is 305 g/mol. The lowest BCUT2D eigenvalue weighted by atomic mass is 10.0. The first-order valence-corrected chi connectivity index (χ1v) is 6.12. The van der Waals surface area contributed by atoms with Gasteiger partial charge in [0.25, 0.3) is 5.91 Å². The highest BCUT2D eigenvalue weighted by Gasteiger charge is 2.35. The molecule has 0 spiro atoms. The van der Waals surface area contributed by atoms with Crippen molar-refractivity contribution in [1.82, 2.24) is 4.90 Å². The number of anilines is 1. The zero-order valence-electron chi connectivity index (χ0n) is 12.0. The molecule has 0 bridgehead atoms. The molecule has 0 saturated carbocycles. The van der Waals surface area contributed by atoms with Crippen molar-refractivity contribution < 1.29 is 23.1 Å². The van der Waals surface area contributed by atoms with Gasteiger partial charge in [-0.15, -0.1) is 0 Å². The largest absolute Gasteiger partial charge is 0.418 e. The highest BCUT2D eigenvalue weighted by atomic mass is 19.4. The summed E-state index contributed by atoms with van der Waals surface area (Å²) in [6.07, 6.45) is -4.63. The molecular formula is C13H18F3N3O2. The SMILES string of the molecule is CN(CC(C)(C)O)C(=O)c1cccc(C(F)(F)F)c1NN. The van der Waals surface area contributed by atoms with Gasteiger partial charge < -0.3 is 15.4 Å². The van der Waals surface area contributed by atoms with Crippen LogP contribution in [0.25, 0.3) is 0 Å². The summed E-state index contributed by atoms with van der Waals surface area (Å²) in [5, 5.41) is 9.68. The second-order valence-electron chi connectivity index (χ2n) is 5.34. The highest BCUT2D eigenvalue weighted by molar-refractivity contribution is 6.00. The summed E-state index contributed by atoms with van der Waals surface area (Å²) >= 11 is 0. The highest BCUT2D eigenvalue weighted by Crippen LogP contribution is 2.36. The fourth-order valence-electron chi connectivity index (χ4n) is 1.98. The molecule has 21 heavy (non-hydrogen) atoms. The average Bonchev–Trinajstić information content (AvgIpc) is 2.33. The molecule has 1 aromatic rings. The number of nitrogens with zero attached hydrogens (tertiary/aromatic N) is 1. The molecule has 0 heterocycles. The summed E-state index contributed by atoms with van der Waals surface area (Å²) in [5.74, 6) is 4.47. The quantitative estimate of drug-likeness (QED) is 0.586. The number of carbonyl (C=O) groups is 1. The van der Waals surface area contributed by atoms with Crippen molar-refractivity contribution in [2.45, 2.75) is 25.6 Å². The van der Waals surface area contributed by atoms with Crippen LogP contribution < -0.4 is 11.3 Å². The van der Waals surface area contributed by atoms with Gasteiger partial charge in [-0.05, 0) is 26.0 Å². The van der Waals surface area contributed by atoms with Crippen molar-refractivity contribution in [3.8, 4) is 0 Å². The van der Waals surface area contributed by atoms with E-state index in [9.17, 15) is 23.1 Å². The standard InChI is InChI=1S/C13H18F3N3O2/c1-12(2,21)7-19(3)11(20)8-5-4-6-9(10(8)18-17)13(14,15)16/h4-6,18,21H,7,17H2,1-3H3. The van der Waals surface area contributed by atoms with Crippen LogP contribution in [0.4, 0.5) is 18.9 Å². The van der Waals surface area contributed by atoms with E-state index in [0.717, 1.165) is 17.0 Å². The topological polar surface area (TPSA) is 78.6 Å². The van der Waals surface area contributed by atoms with E-state index in [0.29, 0.717) is 0 Å². The third-order valence-electron chi connectivity index (χ3n) is 2.72. The van der Waals surface area contributed by atoms with Gasteiger partial charge in [-0.2, -0.15) is 13.2 Å². The molecule has 0 atom stereocenters. The number of benzene rings is 1. The third-order valence-corrected chi connectivity index (χ3v) is 2.72. The predicted molar refractivity (Wildman–Crippen MR) is 72.5 cm³/mol. The fourth-order valence-corrected chi connectivity index (χ4v) is 1.98. The van der Waals surface area contributed by atoms with Gasteiger partial charge in [0.1, 0.15) is 0 Å². The number of halogens is 3. The van der Waals surface area contributed by atoms with E-state index < -0.39 is 28.9 Å². The number of aliphatic hydroxyl groups is 1. The molecule has 1 rings (SSSR count). The Hall–Kier alpha value is -1.80. The minimum Gasteiger partial charge on any atom is -0.389 e. The molecule has 0 aliphatic heterocycles. The number of amides is 1. The van der Waals surface area contributed by atoms with E-state index in [1.807, 2.05) is 5.43 Å². The molecule has 0 aliphatic carbocycles. The molecule has 0 aromatic heterocycles. The maximum absolute atomic E-state index is 12.9. The average molecular weight is 305 g/mol. The summed E-state index contributed by atoms with van der Waals surface area (Å²) in [5.41, 5.74) is -0.943. The molecule has 4 N–H and O–H groups in total. The van der Waals surface area contributed by atoms with Crippen LogP contribution in [-0.2, 0) is 6.18 Å². The minimum atomic E-state index is -4.63. The summed E-state index contributed by atoms with van der Waals surface area (Å²) in [7, 11) is 1.39. The molecular weight excluding hydrogens is 287 g/mol. The lowest BCUT2D eigenvalue weighted by Gasteiger charge is -2.26. The number of likely N-dealkylation sites (N-methyl/N-ethyl adjacent to an activating group) is 1. The summed E-state index contributed by atoms with van der Waals surface area (Å²) < 4.78 is 38.7. The Bertz CT molecular complexity index is 524.